The lowest BCUT2D eigenvalue weighted by molar-refractivity contribution is 0.175. The Hall–Kier alpha value is -1.85. The Morgan fingerprint density at radius 2 is 2.26 bits per heavy atom. The van der Waals surface area contributed by atoms with Gasteiger partial charge in [-0.3, -0.25) is 9.58 Å². The second-order valence-electron chi connectivity index (χ2n) is 6.13. The van der Waals surface area contributed by atoms with Gasteiger partial charge >= 0.3 is 0 Å². The van der Waals surface area contributed by atoms with Crippen molar-refractivity contribution in [1.82, 2.24) is 14.7 Å². The first-order valence-corrected chi connectivity index (χ1v) is 8.27. The first kappa shape index (κ1) is 16.0. The molecule has 1 saturated heterocycles. The predicted octanol–water partition coefficient (Wildman–Crippen LogP) is 2.26. The van der Waals surface area contributed by atoms with Gasteiger partial charge in [-0.05, 0) is 43.0 Å². The average Bonchev–Trinajstić information content (AvgIpc) is 3.19. The monoisotopic (exact) mass is 315 g/mol. The summed E-state index contributed by atoms with van der Waals surface area (Å²) in [5.41, 5.74) is 2.46. The molecule has 1 aliphatic rings. The van der Waals surface area contributed by atoms with E-state index in [2.05, 4.69) is 35.3 Å². The van der Waals surface area contributed by atoms with Gasteiger partial charge in [0.05, 0.1) is 19.4 Å². The van der Waals surface area contributed by atoms with Crippen LogP contribution < -0.4 is 4.74 Å². The minimum Gasteiger partial charge on any atom is -0.497 e. The summed E-state index contributed by atoms with van der Waals surface area (Å²) in [4.78, 5) is 2.36. The highest BCUT2D eigenvalue weighted by Gasteiger charge is 2.31. The molecule has 0 amide bonds. The Labute approximate surface area is 137 Å². The lowest BCUT2D eigenvalue weighted by Gasteiger charge is -2.24. The maximum atomic E-state index is 10.1. The first-order valence-electron chi connectivity index (χ1n) is 8.27. The fourth-order valence-electron chi connectivity index (χ4n) is 3.30. The van der Waals surface area contributed by atoms with Gasteiger partial charge in [-0.1, -0.05) is 12.1 Å². The molecule has 1 N–H and O–H groups in total. The van der Waals surface area contributed by atoms with E-state index in [4.69, 9.17) is 4.74 Å². The summed E-state index contributed by atoms with van der Waals surface area (Å²) < 4.78 is 7.28. The van der Waals surface area contributed by atoms with Crippen LogP contribution in [0.1, 0.15) is 30.5 Å². The van der Waals surface area contributed by atoms with Crippen LogP contribution in [0.25, 0.3) is 0 Å². The van der Waals surface area contributed by atoms with E-state index in [1.54, 1.807) is 7.11 Å². The molecule has 1 aromatic heterocycles. The Bertz CT molecular complexity index is 641. The Morgan fingerprint density at radius 3 is 3.00 bits per heavy atom. The van der Waals surface area contributed by atoms with Crippen LogP contribution in [0.4, 0.5) is 0 Å². The summed E-state index contributed by atoms with van der Waals surface area (Å²) in [5.74, 6) is 0.869. The molecule has 5 heteroatoms. The van der Waals surface area contributed by atoms with E-state index in [9.17, 15) is 5.11 Å². The highest BCUT2D eigenvalue weighted by molar-refractivity contribution is 5.31. The van der Waals surface area contributed by atoms with Gasteiger partial charge in [-0.15, -0.1) is 0 Å². The number of aryl methyl sites for hydroxylation is 1. The Balaban J connectivity index is 1.69. The number of hydrogen-bond donors (Lipinski definition) is 1. The molecule has 0 radical (unpaired) electrons. The highest BCUT2D eigenvalue weighted by atomic mass is 16.5. The smallest absolute Gasteiger partial charge is 0.119 e. The molecule has 2 aromatic rings. The molecule has 1 aliphatic heterocycles. The standard InChI is InChI=1S/C18H25N3O2/c1-3-21-12-14(11-19-21)7-8-20-13-16(22)10-18(20)15-5-4-6-17(9-15)23-2/h4-6,9,11-12,16,18,22H,3,7-8,10,13H2,1-2H3/t16-,18+/m0/s1. The van der Waals surface area contributed by atoms with E-state index in [0.717, 1.165) is 38.2 Å². The molecular weight excluding hydrogens is 290 g/mol. The van der Waals surface area contributed by atoms with E-state index in [0.29, 0.717) is 0 Å². The van der Waals surface area contributed by atoms with Gasteiger partial charge in [-0.25, -0.2) is 0 Å². The van der Waals surface area contributed by atoms with Crippen molar-refractivity contribution in [3.05, 3.63) is 47.8 Å². The number of nitrogens with zero attached hydrogens (tertiary/aromatic N) is 3. The second-order valence-corrected chi connectivity index (χ2v) is 6.13. The van der Waals surface area contributed by atoms with Gasteiger partial charge in [0.2, 0.25) is 0 Å². The first-order chi connectivity index (χ1) is 11.2. The Kier molecular flexibility index (Phi) is 4.98. The molecule has 0 unspecified atom stereocenters. The summed E-state index contributed by atoms with van der Waals surface area (Å²) in [6, 6.07) is 8.42. The molecule has 5 nitrogen and oxygen atoms in total. The molecule has 0 saturated carbocycles. The van der Waals surface area contributed by atoms with Crippen LogP contribution in [0.2, 0.25) is 0 Å². The molecule has 2 heterocycles. The van der Waals surface area contributed by atoms with Gasteiger partial charge < -0.3 is 9.84 Å². The van der Waals surface area contributed by atoms with Crippen molar-refractivity contribution in [3.63, 3.8) is 0 Å². The van der Waals surface area contributed by atoms with Gasteiger partial charge in [0.1, 0.15) is 5.75 Å². The SMILES string of the molecule is CCn1cc(CCN2C[C@@H](O)C[C@@H]2c2cccc(OC)c2)cn1. The van der Waals surface area contributed by atoms with Gasteiger partial charge in [0.15, 0.2) is 0 Å². The number of ether oxygens (including phenoxy) is 1. The van der Waals surface area contributed by atoms with Crippen molar-refractivity contribution in [1.29, 1.82) is 0 Å². The number of likely N-dealkylation sites (tertiary alicyclic amines) is 1. The third-order valence-corrected chi connectivity index (χ3v) is 4.56. The largest absolute Gasteiger partial charge is 0.497 e. The van der Waals surface area contributed by atoms with Crippen molar-refractivity contribution in [3.8, 4) is 5.75 Å². The number of methoxy groups -OCH3 is 1. The highest BCUT2D eigenvalue weighted by Crippen LogP contribution is 2.33. The van der Waals surface area contributed by atoms with Gasteiger partial charge in [0.25, 0.3) is 0 Å². The Morgan fingerprint density at radius 1 is 1.39 bits per heavy atom. The molecule has 0 bridgehead atoms. The van der Waals surface area contributed by atoms with E-state index >= 15 is 0 Å². The predicted molar refractivity (Wildman–Crippen MR) is 89.5 cm³/mol. The number of hydrogen-bond acceptors (Lipinski definition) is 4. The summed E-state index contributed by atoms with van der Waals surface area (Å²) in [6.07, 6.45) is 5.52. The number of aliphatic hydroxyl groups is 1. The van der Waals surface area contributed by atoms with Crippen LogP contribution in [-0.2, 0) is 13.0 Å². The average molecular weight is 315 g/mol. The van der Waals surface area contributed by atoms with Crippen molar-refractivity contribution in [2.45, 2.75) is 38.5 Å². The van der Waals surface area contributed by atoms with Crippen LogP contribution in [0.3, 0.4) is 0 Å². The quantitative estimate of drug-likeness (QED) is 0.888. The summed E-state index contributed by atoms with van der Waals surface area (Å²) in [7, 11) is 1.69. The molecular formula is C18H25N3O2. The van der Waals surface area contributed by atoms with Crippen molar-refractivity contribution < 1.29 is 9.84 Å². The van der Waals surface area contributed by atoms with E-state index in [-0.39, 0.29) is 12.1 Å². The maximum Gasteiger partial charge on any atom is 0.119 e. The summed E-state index contributed by atoms with van der Waals surface area (Å²) >= 11 is 0. The number of rotatable bonds is 6. The minimum absolute atomic E-state index is 0.251. The van der Waals surface area contributed by atoms with Gasteiger partial charge in [0, 0.05) is 31.9 Å². The van der Waals surface area contributed by atoms with Crippen LogP contribution in [0.5, 0.6) is 5.75 Å². The lowest BCUT2D eigenvalue weighted by atomic mass is 10.0. The minimum atomic E-state index is -0.260. The molecule has 0 aliphatic carbocycles. The molecule has 1 fully saturated rings. The third-order valence-electron chi connectivity index (χ3n) is 4.56. The molecule has 1 aromatic carbocycles. The molecule has 124 valence electrons. The summed E-state index contributed by atoms with van der Waals surface area (Å²) in [6.45, 7) is 4.64. The third kappa shape index (κ3) is 3.74. The number of benzene rings is 1. The molecule has 0 spiro atoms. The van der Waals surface area contributed by atoms with Crippen molar-refractivity contribution >= 4 is 0 Å². The zero-order chi connectivity index (χ0) is 16.2. The molecule has 3 rings (SSSR count). The second kappa shape index (κ2) is 7.15. The lowest BCUT2D eigenvalue weighted by Crippen LogP contribution is -2.27. The summed E-state index contributed by atoms with van der Waals surface area (Å²) in [5, 5.41) is 14.4. The molecule has 23 heavy (non-hydrogen) atoms. The van der Waals surface area contributed by atoms with Crippen LogP contribution in [0.15, 0.2) is 36.7 Å². The number of β-amino-alcohol motifs (C(OH)–C–C–N with tert-alkyl or cyclic N) is 1. The van der Waals surface area contributed by atoms with E-state index in [1.165, 1.54) is 11.1 Å². The van der Waals surface area contributed by atoms with Crippen molar-refractivity contribution in [2.75, 3.05) is 20.2 Å². The van der Waals surface area contributed by atoms with Crippen LogP contribution in [0, 0.1) is 0 Å². The topological polar surface area (TPSA) is 50.5 Å². The van der Waals surface area contributed by atoms with Crippen molar-refractivity contribution in [2.24, 2.45) is 0 Å². The molecule has 2 atom stereocenters. The zero-order valence-electron chi connectivity index (χ0n) is 13.9. The zero-order valence-corrected chi connectivity index (χ0v) is 13.9. The van der Waals surface area contributed by atoms with Crippen LogP contribution >= 0.6 is 0 Å². The van der Waals surface area contributed by atoms with E-state index < -0.39 is 0 Å². The number of aliphatic hydroxyl groups excluding tert-OH is 1. The maximum absolute atomic E-state index is 10.1. The van der Waals surface area contributed by atoms with Crippen LogP contribution in [-0.4, -0.2) is 46.1 Å². The van der Waals surface area contributed by atoms with E-state index in [1.807, 2.05) is 23.0 Å². The number of aromatic nitrogens is 2. The van der Waals surface area contributed by atoms with Gasteiger partial charge in [-0.2, -0.15) is 5.10 Å². The fraction of sp³-hybridized carbons (Fsp3) is 0.500. The normalized spacial score (nSPS) is 21.7. The fourth-order valence-corrected chi connectivity index (χ4v) is 3.30.